The number of rotatable bonds is 12. The molecule has 1 unspecified atom stereocenters. The molecule has 0 radical (unpaired) electrons. The summed E-state index contributed by atoms with van der Waals surface area (Å²) in [6.07, 6.45) is 2.99. The lowest BCUT2D eigenvalue weighted by atomic mass is 9.77. The molecule has 7 rings (SSSR count). The van der Waals surface area contributed by atoms with Crippen LogP contribution in [0.1, 0.15) is 48.9 Å². The van der Waals surface area contributed by atoms with E-state index < -0.39 is 5.54 Å². The second kappa shape index (κ2) is 14.4. The van der Waals surface area contributed by atoms with Crippen molar-refractivity contribution >= 4 is 0 Å². The van der Waals surface area contributed by atoms with Crippen LogP contribution in [0.15, 0.2) is 151 Å². The number of hydrogen-bond donors (Lipinski definition) is 2. The first-order valence-corrected chi connectivity index (χ1v) is 17.1. The Balaban J connectivity index is 1.24. The second-order valence-electron chi connectivity index (χ2n) is 12.6. The number of nitrogens with one attached hydrogen (secondary N) is 1. The minimum atomic E-state index is -0.842. The third kappa shape index (κ3) is 6.19. The number of aliphatic hydroxyl groups is 1. The molecule has 0 aliphatic carbocycles. The van der Waals surface area contributed by atoms with Gasteiger partial charge in [0, 0.05) is 24.2 Å². The Kier molecular flexibility index (Phi) is 9.46. The van der Waals surface area contributed by atoms with E-state index in [1.165, 1.54) is 5.56 Å². The molecule has 7 nitrogen and oxygen atoms in total. The number of aliphatic hydroxyl groups excluding tert-OH is 1. The molecule has 7 heteroatoms. The Hall–Kier alpha value is -5.37. The summed E-state index contributed by atoms with van der Waals surface area (Å²) in [6, 6.07) is 48.3. The van der Waals surface area contributed by atoms with Gasteiger partial charge in [-0.25, -0.2) is 5.01 Å². The standard InChI is InChI=1S/C42H42N6O/c1-3-4-28-47-31(2)39(30-49)40(44-47)29-32-24-26-33(27-25-32)37-22-14-15-23-38(37)41-43-46-48(45-41)42(34-16-8-5-9-17-34,35-18-10-6-11-19-35)36-20-12-7-13-21-36/h5-27,31,44,49H,3-4,28-30H2,1-2H3. The quantitative estimate of drug-likeness (QED) is 0.133. The normalized spacial score (nSPS) is 15.0. The molecule has 49 heavy (non-hydrogen) atoms. The molecule has 0 saturated carbocycles. The lowest BCUT2D eigenvalue weighted by Crippen LogP contribution is -2.39. The van der Waals surface area contributed by atoms with Crippen LogP contribution in [0.5, 0.6) is 0 Å². The van der Waals surface area contributed by atoms with E-state index in [4.69, 9.17) is 15.4 Å². The maximum Gasteiger partial charge on any atom is 0.205 e. The molecule has 6 aromatic rings. The summed E-state index contributed by atoms with van der Waals surface area (Å²) >= 11 is 0. The number of aromatic nitrogens is 4. The highest BCUT2D eigenvalue weighted by Gasteiger charge is 2.41. The SMILES string of the molecule is CCCCN1NC(Cc2ccc(-c3ccccc3-c3nnn(C(c4ccccc4)(c4ccccc4)c4ccccc4)n3)cc2)=C(CO)C1C. The topological polar surface area (TPSA) is 79.1 Å². The van der Waals surface area contributed by atoms with Gasteiger partial charge in [-0.15, -0.1) is 15.0 Å². The monoisotopic (exact) mass is 646 g/mol. The van der Waals surface area contributed by atoms with Crippen LogP contribution >= 0.6 is 0 Å². The third-order valence-electron chi connectivity index (χ3n) is 9.66. The van der Waals surface area contributed by atoms with E-state index in [1.807, 2.05) is 30.3 Å². The smallest absolute Gasteiger partial charge is 0.205 e. The lowest BCUT2D eigenvalue weighted by Gasteiger charge is -2.34. The number of hydrazine groups is 1. The summed E-state index contributed by atoms with van der Waals surface area (Å²) in [5, 5.41) is 27.0. The lowest BCUT2D eigenvalue weighted by molar-refractivity contribution is 0.190. The van der Waals surface area contributed by atoms with E-state index in [0.717, 1.165) is 70.5 Å². The van der Waals surface area contributed by atoms with E-state index in [9.17, 15) is 5.11 Å². The van der Waals surface area contributed by atoms with Gasteiger partial charge in [-0.05, 0) is 57.5 Å². The van der Waals surface area contributed by atoms with Crippen molar-refractivity contribution in [2.45, 2.75) is 44.7 Å². The van der Waals surface area contributed by atoms with Crippen molar-refractivity contribution in [1.29, 1.82) is 0 Å². The molecule has 0 fully saturated rings. The van der Waals surface area contributed by atoms with Gasteiger partial charge in [0.15, 0.2) is 5.54 Å². The van der Waals surface area contributed by atoms with Crippen LogP contribution in [0.25, 0.3) is 22.5 Å². The zero-order valence-electron chi connectivity index (χ0n) is 28.1. The third-order valence-corrected chi connectivity index (χ3v) is 9.66. The Morgan fingerprint density at radius 2 is 1.27 bits per heavy atom. The van der Waals surface area contributed by atoms with Crippen molar-refractivity contribution in [3.63, 3.8) is 0 Å². The molecule has 1 atom stereocenters. The van der Waals surface area contributed by atoms with Crippen molar-refractivity contribution in [2.24, 2.45) is 0 Å². The van der Waals surface area contributed by atoms with Gasteiger partial charge >= 0.3 is 0 Å². The average molecular weight is 647 g/mol. The molecule has 0 spiro atoms. The maximum atomic E-state index is 10.2. The number of nitrogens with zero attached hydrogens (tertiary/aromatic N) is 5. The van der Waals surface area contributed by atoms with Crippen molar-refractivity contribution in [2.75, 3.05) is 13.2 Å². The van der Waals surface area contributed by atoms with Crippen LogP contribution in [0.4, 0.5) is 0 Å². The van der Waals surface area contributed by atoms with Crippen molar-refractivity contribution in [1.82, 2.24) is 30.6 Å². The minimum absolute atomic E-state index is 0.0609. The maximum absolute atomic E-state index is 10.2. The molecular formula is C42H42N6O. The van der Waals surface area contributed by atoms with Crippen LogP contribution in [-0.2, 0) is 12.0 Å². The van der Waals surface area contributed by atoms with Crippen molar-refractivity contribution in [3.05, 3.63) is 173 Å². The Labute approximate surface area is 288 Å². The van der Waals surface area contributed by atoms with Gasteiger partial charge in [-0.1, -0.05) is 153 Å². The summed E-state index contributed by atoms with van der Waals surface area (Å²) in [5.41, 5.74) is 12.2. The van der Waals surface area contributed by atoms with E-state index >= 15 is 0 Å². The van der Waals surface area contributed by atoms with E-state index in [1.54, 1.807) is 4.80 Å². The number of benzene rings is 5. The van der Waals surface area contributed by atoms with Crippen LogP contribution in [0.2, 0.25) is 0 Å². The summed E-state index contributed by atoms with van der Waals surface area (Å²) < 4.78 is 0. The van der Waals surface area contributed by atoms with E-state index in [-0.39, 0.29) is 12.6 Å². The molecule has 0 bridgehead atoms. The fraction of sp³-hybridized carbons (Fsp3) is 0.214. The second-order valence-corrected chi connectivity index (χ2v) is 12.6. The predicted octanol–water partition coefficient (Wildman–Crippen LogP) is 7.65. The number of hydrogen-bond acceptors (Lipinski definition) is 6. The molecular weight excluding hydrogens is 605 g/mol. The molecule has 1 aliphatic rings. The first kappa shape index (κ1) is 32.2. The fourth-order valence-electron chi connectivity index (χ4n) is 7.03. The number of tetrazole rings is 1. The Bertz CT molecular complexity index is 1910. The van der Waals surface area contributed by atoms with Gasteiger partial charge in [0.1, 0.15) is 0 Å². The molecule has 0 saturated heterocycles. The zero-order chi connectivity index (χ0) is 33.6. The summed E-state index contributed by atoms with van der Waals surface area (Å²) in [7, 11) is 0. The van der Waals surface area contributed by atoms with E-state index in [0.29, 0.717) is 5.82 Å². The van der Waals surface area contributed by atoms with Crippen LogP contribution in [0, 0.1) is 0 Å². The number of allylic oxidation sites excluding steroid dienone is 1. The predicted molar refractivity (Wildman–Crippen MR) is 195 cm³/mol. The molecule has 1 aliphatic heterocycles. The van der Waals surface area contributed by atoms with Crippen LogP contribution in [0.3, 0.4) is 0 Å². The highest BCUT2D eigenvalue weighted by atomic mass is 16.3. The zero-order valence-corrected chi connectivity index (χ0v) is 28.1. The van der Waals surface area contributed by atoms with Gasteiger partial charge in [0.2, 0.25) is 5.82 Å². The van der Waals surface area contributed by atoms with Gasteiger partial charge < -0.3 is 10.5 Å². The van der Waals surface area contributed by atoms with Crippen LogP contribution < -0.4 is 5.43 Å². The molecule has 1 aromatic heterocycles. The Morgan fingerprint density at radius 1 is 0.714 bits per heavy atom. The highest BCUT2D eigenvalue weighted by Crippen LogP contribution is 2.40. The molecule has 2 heterocycles. The van der Waals surface area contributed by atoms with Gasteiger partial charge in [-0.3, -0.25) is 0 Å². The van der Waals surface area contributed by atoms with E-state index in [2.05, 4.69) is 133 Å². The van der Waals surface area contributed by atoms with Gasteiger partial charge in [0.05, 0.1) is 12.6 Å². The minimum Gasteiger partial charge on any atom is -0.392 e. The van der Waals surface area contributed by atoms with Gasteiger partial charge in [-0.2, -0.15) is 0 Å². The van der Waals surface area contributed by atoms with Crippen molar-refractivity contribution < 1.29 is 5.11 Å². The van der Waals surface area contributed by atoms with Gasteiger partial charge in [0.25, 0.3) is 0 Å². The number of unbranched alkanes of at least 4 members (excludes halogenated alkanes) is 1. The molecule has 246 valence electrons. The first-order chi connectivity index (χ1) is 24.1. The summed E-state index contributed by atoms with van der Waals surface area (Å²) in [6.45, 7) is 5.38. The largest absolute Gasteiger partial charge is 0.392 e. The molecule has 5 aromatic carbocycles. The molecule has 2 N–H and O–H groups in total. The fourth-order valence-corrected chi connectivity index (χ4v) is 7.03. The van der Waals surface area contributed by atoms with Crippen LogP contribution in [-0.4, -0.2) is 49.5 Å². The summed E-state index contributed by atoms with van der Waals surface area (Å²) in [4.78, 5) is 1.77. The first-order valence-electron chi connectivity index (χ1n) is 17.1. The molecule has 0 amide bonds. The Morgan fingerprint density at radius 3 is 1.82 bits per heavy atom. The highest BCUT2D eigenvalue weighted by molar-refractivity contribution is 5.80. The van der Waals surface area contributed by atoms with Crippen molar-refractivity contribution in [3.8, 4) is 22.5 Å². The summed E-state index contributed by atoms with van der Waals surface area (Å²) in [5.74, 6) is 0.556. The average Bonchev–Trinajstić information content (AvgIpc) is 3.77.